The molecule has 1 aliphatic rings. The van der Waals surface area contributed by atoms with Crippen molar-refractivity contribution in [3.8, 4) is 0 Å². The van der Waals surface area contributed by atoms with Gasteiger partial charge in [0, 0.05) is 6.92 Å². The molecule has 0 saturated heterocycles. The number of rotatable bonds is 8. The van der Waals surface area contributed by atoms with Gasteiger partial charge in [-0.05, 0) is 54.0 Å². The molecule has 1 saturated carbocycles. The quantitative estimate of drug-likeness (QED) is 0.276. The maximum atomic E-state index is 13.4. The molecule has 2 N–H and O–H groups in total. The van der Waals surface area contributed by atoms with Gasteiger partial charge < -0.3 is 10.5 Å². The van der Waals surface area contributed by atoms with Crippen LogP contribution in [-0.2, 0) is 21.5 Å². The minimum absolute atomic E-state index is 0.0796. The summed E-state index contributed by atoms with van der Waals surface area (Å²) in [6.07, 6.45) is 6.98. The summed E-state index contributed by atoms with van der Waals surface area (Å²) in [5, 5.41) is 0. The Hall–Kier alpha value is -4.19. The first-order valence-corrected chi connectivity index (χ1v) is 13.1. The van der Waals surface area contributed by atoms with E-state index in [0.717, 1.165) is 41.8 Å². The average molecular weight is 509 g/mol. The molecule has 194 valence electrons. The number of carbonyl (C=O) groups excluding carboxylic acids is 2. The molecule has 6 nitrogen and oxygen atoms in total. The molecule has 0 radical (unpaired) electrons. The number of benzene rings is 3. The Balaban J connectivity index is 1.42. The number of primary amides is 1. The number of aromatic nitrogens is 2. The number of methoxy groups -OCH3 is 1. The van der Waals surface area contributed by atoms with Gasteiger partial charge in [0.05, 0.1) is 12.7 Å². The molecule has 1 aliphatic carbocycles. The zero-order chi connectivity index (χ0) is 26.7. The first kappa shape index (κ1) is 25.5. The van der Waals surface area contributed by atoms with E-state index < -0.39 is 5.41 Å². The van der Waals surface area contributed by atoms with Gasteiger partial charge in [-0.1, -0.05) is 72.8 Å². The molecule has 0 unspecified atom stereocenters. The Morgan fingerprint density at radius 1 is 0.947 bits per heavy atom. The molecule has 1 fully saturated rings. The lowest BCUT2D eigenvalue weighted by atomic mass is 9.64. The number of amides is 1. The second-order valence-electron chi connectivity index (χ2n) is 10.1. The Bertz CT molecular complexity index is 1370. The zero-order valence-electron chi connectivity index (χ0n) is 21.9. The Morgan fingerprint density at radius 3 is 2.11 bits per heavy atom. The van der Waals surface area contributed by atoms with Crippen LogP contribution in [0, 0.1) is 12.8 Å². The Morgan fingerprint density at radius 2 is 1.55 bits per heavy atom. The molecule has 1 heterocycles. The molecule has 4 aromatic rings. The summed E-state index contributed by atoms with van der Waals surface area (Å²) in [5.74, 6) is 0.600. The third-order valence-electron chi connectivity index (χ3n) is 8.18. The SMILES string of the molecule is COC(=O)c1ccc(C[n+]2ccn([C@H]3CC[C@@H](C(C(N)=O)(c4ccccc4)c4ccccc4)C3)c2C)cc1. The van der Waals surface area contributed by atoms with Crippen molar-refractivity contribution < 1.29 is 18.9 Å². The molecule has 6 heteroatoms. The lowest BCUT2D eigenvalue weighted by molar-refractivity contribution is -0.694. The summed E-state index contributed by atoms with van der Waals surface area (Å²) in [4.78, 5) is 25.1. The van der Waals surface area contributed by atoms with Gasteiger partial charge in [-0.25, -0.2) is 13.9 Å². The number of ether oxygens (including phenoxy) is 1. The summed E-state index contributed by atoms with van der Waals surface area (Å²) >= 11 is 0. The van der Waals surface area contributed by atoms with Crippen molar-refractivity contribution in [3.05, 3.63) is 125 Å². The van der Waals surface area contributed by atoms with E-state index in [2.05, 4.69) is 28.5 Å². The van der Waals surface area contributed by atoms with Gasteiger partial charge in [0.1, 0.15) is 30.4 Å². The molecule has 1 aromatic heterocycles. The van der Waals surface area contributed by atoms with Crippen molar-refractivity contribution in [1.82, 2.24) is 4.57 Å². The molecule has 3 aromatic carbocycles. The maximum absolute atomic E-state index is 13.4. The van der Waals surface area contributed by atoms with Gasteiger partial charge in [-0.3, -0.25) is 4.79 Å². The number of hydrogen-bond acceptors (Lipinski definition) is 3. The van der Waals surface area contributed by atoms with Crippen LogP contribution < -0.4 is 10.3 Å². The standard InChI is InChI=1S/C32H33N3O3/c1-23-34(22-24-13-15-25(16-14-24)30(36)38-2)19-20-35(23)29-18-17-28(21-29)32(31(33)37,26-9-5-3-6-10-26)27-11-7-4-8-12-27/h3-16,19-20,28-29H,17-18,21-22H2,1-2H3,(H-,33,37)/p+1/t28-,29+/m1/s1. The van der Waals surface area contributed by atoms with Crippen molar-refractivity contribution in [2.24, 2.45) is 11.7 Å². The largest absolute Gasteiger partial charge is 0.465 e. The predicted octanol–water partition coefficient (Wildman–Crippen LogP) is 4.73. The molecule has 0 spiro atoms. The van der Waals surface area contributed by atoms with Gasteiger partial charge in [0.15, 0.2) is 0 Å². The molecule has 5 rings (SSSR count). The summed E-state index contributed by atoms with van der Waals surface area (Å²) in [5.41, 5.74) is 8.96. The second-order valence-corrected chi connectivity index (χ2v) is 10.1. The number of hydrogen-bond donors (Lipinski definition) is 1. The van der Waals surface area contributed by atoms with Crippen LogP contribution in [0.4, 0.5) is 0 Å². The average Bonchev–Trinajstić information content (AvgIpc) is 3.57. The fourth-order valence-electron chi connectivity index (χ4n) is 6.26. The van der Waals surface area contributed by atoms with Gasteiger partial charge in [0.2, 0.25) is 5.91 Å². The van der Waals surface area contributed by atoms with Crippen LogP contribution in [0.25, 0.3) is 0 Å². The summed E-state index contributed by atoms with van der Waals surface area (Å²) < 4.78 is 9.36. The first-order valence-electron chi connectivity index (χ1n) is 13.1. The number of nitrogens with two attached hydrogens (primary N) is 1. The van der Waals surface area contributed by atoms with Crippen molar-refractivity contribution in [3.63, 3.8) is 0 Å². The fraction of sp³-hybridized carbons (Fsp3) is 0.281. The monoisotopic (exact) mass is 508 g/mol. The lowest BCUT2D eigenvalue weighted by Gasteiger charge is -2.37. The third-order valence-corrected chi connectivity index (χ3v) is 8.18. The molecule has 1 amide bonds. The van der Waals surface area contributed by atoms with E-state index in [4.69, 9.17) is 10.5 Å². The van der Waals surface area contributed by atoms with Gasteiger partial charge >= 0.3 is 5.97 Å². The van der Waals surface area contributed by atoms with Crippen LogP contribution in [0.5, 0.6) is 0 Å². The van der Waals surface area contributed by atoms with Crippen LogP contribution in [0.2, 0.25) is 0 Å². The highest BCUT2D eigenvalue weighted by atomic mass is 16.5. The molecule has 0 aliphatic heterocycles. The predicted molar refractivity (Wildman–Crippen MR) is 145 cm³/mol. The highest BCUT2D eigenvalue weighted by Gasteiger charge is 2.51. The molecular formula is C32H34N3O3+. The van der Waals surface area contributed by atoms with Gasteiger partial charge in [-0.2, -0.15) is 0 Å². The second kappa shape index (κ2) is 10.7. The van der Waals surface area contributed by atoms with E-state index in [-0.39, 0.29) is 23.8 Å². The van der Waals surface area contributed by atoms with Crippen molar-refractivity contribution >= 4 is 11.9 Å². The van der Waals surface area contributed by atoms with Crippen molar-refractivity contribution in [2.75, 3.05) is 7.11 Å². The van der Waals surface area contributed by atoms with E-state index in [1.165, 1.54) is 7.11 Å². The van der Waals surface area contributed by atoms with Crippen molar-refractivity contribution in [2.45, 2.75) is 44.2 Å². The number of nitrogens with zero attached hydrogens (tertiary/aromatic N) is 2. The van der Waals surface area contributed by atoms with Crippen LogP contribution in [0.1, 0.15) is 58.2 Å². The molecule has 0 bridgehead atoms. The Labute approximate surface area is 223 Å². The minimum Gasteiger partial charge on any atom is -0.465 e. The van der Waals surface area contributed by atoms with Gasteiger partial charge in [-0.15, -0.1) is 0 Å². The van der Waals surface area contributed by atoms with E-state index >= 15 is 0 Å². The molecule has 38 heavy (non-hydrogen) atoms. The first-order chi connectivity index (χ1) is 18.4. The van der Waals surface area contributed by atoms with Crippen LogP contribution >= 0.6 is 0 Å². The fourth-order valence-corrected chi connectivity index (χ4v) is 6.26. The van der Waals surface area contributed by atoms with E-state index in [1.807, 2.05) is 72.8 Å². The van der Waals surface area contributed by atoms with E-state index in [9.17, 15) is 9.59 Å². The van der Waals surface area contributed by atoms with Crippen molar-refractivity contribution in [1.29, 1.82) is 0 Å². The summed E-state index contributed by atoms with van der Waals surface area (Å²) in [7, 11) is 1.39. The highest BCUT2D eigenvalue weighted by molar-refractivity contribution is 5.91. The number of carbonyl (C=O) groups is 2. The normalized spacial score (nSPS) is 17.3. The smallest absolute Gasteiger partial charge is 0.337 e. The lowest BCUT2D eigenvalue weighted by Crippen LogP contribution is -2.47. The van der Waals surface area contributed by atoms with Crippen LogP contribution in [-0.4, -0.2) is 23.6 Å². The molecular weight excluding hydrogens is 474 g/mol. The van der Waals surface area contributed by atoms with Crippen LogP contribution in [0.15, 0.2) is 97.3 Å². The third kappa shape index (κ3) is 4.51. The van der Waals surface area contributed by atoms with E-state index in [1.54, 1.807) is 12.1 Å². The topological polar surface area (TPSA) is 78.2 Å². The van der Waals surface area contributed by atoms with E-state index in [0.29, 0.717) is 12.1 Å². The Kier molecular flexibility index (Phi) is 7.14. The van der Waals surface area contributed by atoms with Crippen LogP contribution in [0.3, 0.4) is 0 Å². The summed E-state index contributed by atoms with van der Waals surface area (Å²) in [6.45, 7) is 2.83. The zero-order valence-corrected chi connectivity index (χ0v) is 21.9. The molecule has 2 atom stereocenters. The number of imidazole rings is 1. The highest BCUT2D eigenvalue weighted by Crippen LogP contribution is 2.49. The number of esters is 1. The summed E-state index contributed by atoms with van der Waals surface area (Å²) in [6, 6.07) is 27.8. The maximum Gasteiger partial charge on any atom is 0.337 e. The minimum atomic E-state index is -0.879. The van der Waals surface area contributed by atoms with Gasteiger partial charge in [0.25, 0.3) is 5.82 Å².